The third kappa shape index (κ3) is 6.28. The number of hydrogen-bond acceptors (Lipinski definition) is 3. The van der Waals surface area contributed by atoms with Crippen molar-refractivity contribution in [3.05, 3.63) is 261 Å². The van der Waals surface area contributed by atoms with Crippen LogP contribution in [0.25, 0.3) is 98.4 Å². The summed E-state index contributed by atoms with van der Waals surface area (Å²) in [6.45, 7) is -0.101. The highest BCUT2D eigenvalue weighted by Gasteiger charge is 2.44. The summed E-state index contributed by atoms with van der Waals surface area (Å²) in [5, 5.41) is 12.1. The molecule has 0 amide bonds. The molecular weight excluding hydrogens is 896 g/mol. The van der Waals surface area contributed by atoms with Crippen molar-refractivity contribution in [2.24, 2.45) is 0 Å². The van der Waals surface area contributed by atoms with Crippen LogP contribution in [0.5, 0.6) is 0 Å². The normalized spacial score (nSPS) is 12.8. The van der Waals surface area contributed by atoms with E-state index < -0.39 is 0 Å². The molecule has 74 heavy (non-hydrogen) atoms. The van der Waals surface area contributed by atoms with Crippen LogP contribution in [0, 0.1) is 0 Å². The second kappa shape index (κ2) is 15.9. The molecule has 0 unspecified atom stereocenters. The Morgan fingerprint density at radius 1 is 0.284 bits per heavy atom. The molecule has 342 valence electrons. The maximum Gasteiger partial charge on any atom is 0.252 e. The predicted octanol–water partition coefficient (Wildman–Crippen LogP) is 17.3. The summed E-state index contributed by atoms with van der Waals surface area (Å²) in [5.74, 6) is 0. The lowest BCUT2D eigenvalue weighted by atomic mass is 9.33. The highest BCUT2D eigenvalue weighted by atomic mass is 16.3. The third-order valence-corrected chi connectivity index (χ3v) is 15.9. The van der Waals surface area contributed by atoms with E-state index >= 15 is 0 Å². The fourth-order valence-electron chi connectivity index (χ4n) is 12.5. The molecule has 13 aromatic carbocycles. The van der Waals surface area contributed by atoms with E-state index in [1.165, 1.54) is 93.1 Å². The van der Waals surface area contributed by atoms with Gasteiger partial charge in [0, 0.05) is 44.9 Å². The summed E-state index contributed by atoms with van der Waals surface area (Å²) in [4.78, 5) is 5.11. The Bertz CT molecular complexity index is 4370. The molecule has 0 radical (unpaired) electrons. The number of nitrogens with zero attached hydrogens (tertiary/aromatic N) is 2. The van der Waals surface area contributed by atoms with Gasteiger partial charge in [-0.2, -0.15) is 0 Å². The summed E-state index contributed by atoms with van der Waals surface area (Å²) < 4.78 is 6.60. The number of benzene rings is 13. The minimum atomic E-state index is -0.101. The molecule has 3 nitrogen and oxygen atoms in total. The van der Waals surface area contributed by atoms with Crippen LogP contribution < -0.4 is 26.2 Å². The zero-order chi connectivity index (χ0) is 48.4. The molecule has 2 aliphatic rings. The first-order chi connectivity index (χ1) is 36.6. The van der Waals surface area contributed by atoms with E-state index in [-0.39, 0.29) is 6.71 Å². The number of furan rings is 1. The molecule has 1 aromatic heterocycles. The number of fused-ring (bicyclic) bond motifs is 11. The molecule has 4 heteroatoms. The molecular formula is C70H43BN2O. The Kier molecular flexibility index (Phi) is 8.83. The van der Waals surface area contributed by atoms with Crippen LogP contribution >= 0.6 is 0 Å². The molecule has 0 saturated carbocycles. The van der Waals surface area contributed by atoms with Gasteiger partial charge in [-0.3, -0.25) is 0 Å². The second-order valence-corrected chi connectivity index (χ2v) is 20.0. The predicted molar refractivity (Wildman–Crippen MR) is 314 cm³/mol. The van der Waals surface area contributed by atoms with Crippen LogP contribution in [0.15, 0.2) is 265 Å². The van der Waals surface area contributed by atoms with Crippen molar-refractivity contribution in [1.29, 1.82) is 0 Å². The summed E-state index contributed by atoms with van der Waals surface area (Å²) in [7, 11) is 0. The molecule has 0 bridgehead atoms. The minimum Gasteiger partial charge on any atom is -0.456 e. The molecule has 0 aliphatic carbocycles. The number of anilines is 6. The van der Waals surface area contributed by atoms with Gasteiger partial charge < -0.3 is 14.2 Å². The average Bonchev–Trinajstić information content (AvgIpc) is 3.85. The molecule has 0 saturated heterocycles. The molecule has 16 rings (SSSR count). The second-order valence-electron chi connectivity index (χ2n) is 20.0. The van der Waals surface area contributed by atoms with Crippen molar-refractivity contribution < 1.29 is 4.42 Å². The lowest BCUT2D eigenvalue weighted by Crippen LogP contribution is -2.61. The van der Waals surface area contributed by atoms with Crippen LogP contribution in [0.2, 0.25) is 0 Å². The third-order valence-electron chi connectivity index (χ3n) is 15.9. The summed E-state index contributed by atoms with van der Waals surface area (Å²) >= 11 is 0. The minimum absolute atomic E-state index is 0.101. The topological polar surface area (TPSA) is 19.6 Å². The van der Waals surface area contributed by atoms with Crippen LogP contribution in [-0.4, -0.2) is 6.71 Å². The Morgan fingerprint density at radius 2 is 0.703 bits per heavy atom. The van der Waals surface area contributed by atoms with Gasteiger partial charge in [-0.05, 0) is 178 Å². The molecule has 0 N–H and O–H groups in total. The van der Waals surface area contributed by atoms with Gasteiger partial charge in [0.2, 0.25) is 0 Å². The SMILES string of the molecule is c1ccc(-c2ccc(N3c4cc5cc6ccccc6cc5cc4B4c5cc6cc7ccccc7cc6cc5N(c5ccc(-c6ccccc6)cc5)c5cc(-c6cccc7oc8ccccc8c67)cc3c54)cc2)cc1. The van der Waals surface area contributed by atoms with E-state index in [9.17, 15) is 0 Å². The standard InChI is InChI=1S/C70H43BN2O/c1-3-14-44(15-4-1)46-26-30-57(31-27-46)72-63-40-54-36-50-20-9-7-18-48(50)34-52(54)38-61(63)71-62-39-53-35-49-19-8-10-21-51(49)37-55(53)41-64(62)73(58-32-28-47(29-33-58)45-16-5-2-6-17-45)66-43-56(42-65(72)70(66)71)59-23-13-25-68-69(59)60-22-11-12-24-67(60)74-68/h1-43H. The van der Waals surface area contributed by atoms with Crippen LogP contribution in [0.1, 0.15) is 0 Å². The van der Waals surface area contributed by atoms with Gasteiger partial charge in [0.1, 0.15) is 11.2 Å². The van der Waals surface area contributed by atoms with Gasteiger partial charge in [-0.25, -0.2) is 0 Å². The maximum absolute atomic E-state index is 6.60. The fraction of sp³-hybridized carbons (Fsp3) is 0. The zero-order valence-electron chi connectivity index (χ0n) is 40.2. The van der Waals surface area contributed by atoms with Crippen LogP contribution in [0.3, 0.4) is 0 Å². The van der Waals surface area contributed by atoms with Gasteiger partial charge in [0.05, 0.1) is 0 Å². The number of para-hydroxylation sites is 1. The van der Waals surface area contributed by atoms with E-state index in [0.29, 0.717) is 0 Å². The maximum atomic E-state index is 6.60. The number of rotatable bonds is 5. The summed E-state index contributed by atoms with van der Waals surface area (Å²) in [5.41, 5.74) is 19.5. The first-order valence-corrected chi connectivity index (χ1v) is 25.6. The Morgan fingerprint density at radius 3 is 1.20 bits per heavy atom. The molecule has 3 heterocycles. The van der Waals surface area contributed by atoms with Gasteiger partial charge >= 0.3 is 0 Å². The van der Waals surface area contributed by atoms with Crippen LogP contribution in [-0.2, 0) is 0 Å². The summed E-state index contributed by atoms with van der Waals surface area (Å²) in [6.07, 6.45) is 0. The lowest BCUT2D eigenvalue weighted by molar-refractivity contribution is 0.669. The quantitative estimate of drug-likeness (QED) is 0.127. The van der Waals surface area contributed by atoms with E-state index in [1.807, 2.05) is 0 Å². The van der Waals surface area contributed by atoms with Crippen LogP contribution in [0.4, 0.5) is 34.1 Å². The molecule has 2 aliphatic heterocycles. The highest BCUT2D eigenvalue weighted by molar-refractivity contribution is 7.00. The molecule has 0 spiro atoms. The Balaban J connectivity index is 1.04. The monoisotopic (exact) mass is 938 g/mol. The van der Waals surface area contributed by atoms with Crippen molar-refractivity contribution in [3.8, 4) is 33.4 Å². The van der Waals surface area contributed by atoms with Crippen molar-refractivity contribution in [2.45, 2.75) is 0 Å². The van der Waals surface area contributed by atoms with Gasteiger partial charge in [0.25, 0.3) is 6.71 Å². The largest absolute Gasteiger partial charge is 0.456 e. The molecule has 0 fully saturated rings. The van der Waals surface area contributed by atoms with Crippen molar-refractivity contribution in [2.75, 3.05) is 9.80 Å². The van der Waals surface area contributed by atoms with Gasteiger partial charge in [0.15, 0.2) is 0 Å². The van der Waals surface area contributed by atoms with Crippen molar-refractivity contribution in [3.63, 3.8) is 0 Å². The lowest BCUT2D eigenvalue weighted by Gasteiger charge is -2.44. The fourth-order valence-corrected chi connectivity index (χ4v) is 12.5. The zero-order valence-corrected chi connectivity index (χ0v) is 40.2. The van der Waals surface area contributed by atoms with Crippen molar-refractivity contribution >= 4 is 122 Å². The Labute approximate surface area is 428 Å². The smallest absolute Gasteiger partial charge is 0.252 e. The Hall–Kier alpha value is -9.64. The van der Waals surface area contributed by atoms with E-state index in [4.69, 9.17) is 4.42 Å². The molecule has 0 atom stereocenters. The van der Waals surface area contributed by atoms with E-state index in [1.54, 1.807) is 0 Å². The average molecular weight is 939 g/mol. The number of hydrogen-bond donors (Lipinski definition) is 0. The highest BCUT2D eigenvalue weighted by Crippen LogP contribution is 2.49. The van der Waals surface area contributed by atoms with Crippen molar-refractivity contribution in [1.82, 2.24) is 0 Å². The molecule has 14 aromatic rings. The van der Waals surface area contributed by atoms with E-state index in [0.717, 1.165) is 55.8 Å². The van der Waals surface area contributed by atoms with Gasteiger partial charge in [-0.1, -0.05) is 176 Å². The first-order valence-electron chi connectivity index (χ1n) is 25.6. The summed E-state index contributed by atoms with van der Waals surface area (Å²) in [6, 6.07) is 96.7. The first kappa shape index (κ1) is 41.0. The van der Waals surface area contributed by atoms with Gasteiger partial charge in [-0.15, -0.1) is 0 Å². The van der Waals surface area contributed by atoms with E-state index in [2.05, 4.69) is 271 Å².